The monoisotopic (exact) mass is 184 g/mol. The molecule has 0 amide bonds. The standard InChI is InChI=1S/C9H16N2S/c1-12-9-5-3-2-4-8(9)11-7-6-10/h8-9,11H,2-5,7H2,1H3. The van der Waals surface area contributed by atoms with Crippen LogP contribution < -0.4 is 5.32 Å². The summed E-state index contributed by atoms with van der Waals surface area (Å²) in [6.07, 6.45) is 7.39. The van der Waals surface area contributed by atoms with E-state index in [9.17, 15) is 0 Å². The number of nitrogens with one attached hydrogen (secondary N) is 1. The van der Waals surface area contributed by atoms with Gasteiger partial charge in [-0.05, 0) is 19.1 Å². The molecule has 0 aromatic carbocycles. The van der Waals surface area contributed by atoms with Crippen LogP contribution in [0.4, 0.5) is 0 Å². The van der Waals surface area contributed by atoms with E-state index in [1.807, 2.05) is 11.8 Å². The van der Waals surface area contributed by atoms with E-state index in [0.29, 0.717) is 12.6 Å². The van der Waals surface area contributed by atoms with Crippen LogP contribution in [-0.2, 0) is 0 Å². The first-order chi connectivity index (χ1) is 5.88. The zero-order valence-electron chi connectivity index (χ0n) is 7.55. The SMILES string of the molecule is CSC1CCCCC1NCC#N. The molecule has 1 aliphatic carbocycles. The Balaban J connectivity index is 2.32. The highest BCUT2D eigenvalue weighted by atomic mass is 32.2. The van der Waals surface area contributed by atoms with Gasteiger partial charge in [0.2, 0.25) is 0 Å². The lowest BCUT2D eigenvalue weighted by atomic mass is 9.95. The summed E-state index contributed by atoms with van der Waals surface area (Å²) in [4.78, 5) is 0. The van der Waals surface area contributed by atoms with Crippen molar-refractivity contribution >= 4 is 11.8 Å². The molecule has 0 spiro atoms. The van der Waals surface area contributed by atoms with E-state index >= 15 is 0 Å². The molecule has 2 nitrogen and oxygen atoms in total. The number of hydrogen-bond donors (Lipinski definition) is 1. The molecule has 0 aromatic rings. The molecule has 0 heterocycles. The van der Waals surface area contributed by atoms with E-state index in [2.05, 4.69) is 17.6 Å². The molecule has 0 aliphatic heterocycles. The van der Waals surface area contributed by atoms with Crippen LogP contribution in [-0.4, -0.2) is 24.1 Å². The predicted molar refractivity (Wildman–Crippen MR) is 53.2 cm³/mol. The van der Waals surface area contributed by atoms with E-state index < -0.39 is 0 Å². The smallest absolute Gasteiger partial charge is 0.0843 e. The highest BCUT2D eigenvalue weighted by Gasteiger charge is 2.23. The largest absolute Gasteiger partial charge is 0.301 e. The van der Waals surface area contributed by atoms with E-state index in [1.54, 1.807) is 0 Å². The Hall–Kier alpha value is -0.200. The van der Waals surface area contributed by atoms with Crippen molar-refractivity contribution in [1.82, 2.24) is 5.32 Å². The van der Waals surface area contributed by atoms with Crippen molar-refractivity contribution in [2.45, 2.75) is 37.0 Å². The summed E-state index contributed by atoms with van der Waals surface area (Å²) in [5, 5.41) is 12.5. The maximum atomic E-state index is 8.44. The molecule has 1 fully saturated rings. The van der Waals surface area contributed by atoms with Crippen molar-refractivity contribution < 1.29 is 0 Å². The van der Waals surface area contributed by atoms with Crippen LogP contribution in [0.15, 0.2) is 0 Å². The molecule has 1 aliphatic rings. The van der Waals surface area contributed by atoms with E-state index in [0.717, 1.165) is 5.25 Å². The molecule has 12 heavy (non-hydrogen) atoms. The zero-order chi connectivity index (χ0) is 8.81. The van der Waals surface area contributed by atoms with Crippen molar-refractivity contribution in [2.24, 2.45) is 0 Å². The molecular weight excluding hydrogens is 168 g/mol. The number of nitrogens with zero attached hydrogens (tertiary/aromatic N) is 1. The summed E-state index contributed by atoms with van der Waals surface area (Å²) in [7, 11) is 0. The van der Waals surface area contributed by atoms with Crippen molar-refractivity contribution in [3.63, 3.8) is 0 Å². The number of rotatable bonds is 3. The van der Waals surface area contributed by atoms with Gasteiger partial charge in [-0.1, -0.05) is 12.8 Å². The van der Waals surface area contributed by atoms with Crippen LogP contribution in [0, 0.1) is 11.3 Å². The Kier molecular flexibility index (Phi) is 4.49. The topological polar surface area (TPSA) is 35.8 Å². The zero-order valence-corrected chi connectivity index (χ0v) is 8.36. The fraction of sp³-hybridized carbons (Fsp3) is 0.889. The van der Waals surface area contributed by atoms with Crippen LogP contribution in [0.25, 0.3) is 0 Å². The maximum absolute atomic E-state index is 8.44. The minimum absolute atomic E-state index is 0.502. The number of nitriles is 1. The van der Waals surface area contributed by atoms with Crippen LogP contribution >= 0.6 is 11.8 Å². The van der Waals surface area contributed by atoms with Gasteiger partial charge in [-0.3, -0.25) is 0 Å². The molecular formula is C9H16N2S. The average Bonchev–Trinajstić information content (AvgIpc) is 2.15. The molecule has 0 aromatic heterocycles. The Morgan fingerprint density at radius 3 is 2.92 bits per heavy atom. The Morgan fingerprint density at radius 1 is 1.50 bits per heavy atom. The summed E-state index contributed by atoms with van der Waals surface area (Å²) in [6.45, 7) is 0.502. The second kappa shape index (κ2) is 5.45. The molecule has 0 radical (unpaired) electrons. The Bertz CT molecular complexity index is 164. The molecule has 0 saturated heterocycles. The predicted octanol–water partition coefficient (Wildman–Crippen LogP) is 1.77. The number of thioether (sulfide) groups is 1. The molecule has 0 bridgehead atoms. The van der Waals surface area contributed by atoms with Gasteiger partial charge in [0.1, 0.15) is 0 Å². The fourth-order valence-electron chi connectivity index (χ4n) is 1.79. The van der Waals surface area contributed by atoms with Gasteiger partial charge in [0.05, 0.1) is 12.6 Å². The van der Waals surface area contributed by atoms with Gasteiger partial charge in [-0.2, -0.15) is 17.0 Å². The number of hydrogen-bond acceptors (Lipinski definition) is 3. The van der Waals surface area contributed by atoms with Crippen molar-refractivity contribution in [1.29, 1.82) is 5.26 Å². The summed E-state index contributed by atoms with van der Waals surface area (Å²) in [6, 6.07) is 2.72. The van der Waals surface area contributed by atoms with Crippen LogP contribution in [0.1, 0.15) is 25.7 Å². The summed E-state index contributed by atoms with van der Waals surface area (Å²) in [5.41, 5.74) is 0. The van der Waals surface area contributed by atoms with E-state index in [4.69, 9.17) is 5.26 Å². The van der Waals surface area contributed by atoms with Gasteiger partial charge in [-0.25, -0.2) is 0 Å². The van der Waals surface area contributed by atoms with Gasteiger partial charge in [0.15, 0.2) is 0 Å². The van der Waals surface area contributed by atoms with E-state index in [1.165, 1.54) is 25.7 Å². The second-order valence-electron chi connectivity index (χ2n) is 3.20. The highest BCUT2D eigenvalue weighted by Crippen LogP contribution is 2.26. The molecule has 1 rings (SSSR count). The van der Waals surface area contributed by atoms with Crippen molar-refractivity contribution in [2.75, 3.05) is 12.8 Å². The third-order valence-electron chi connectivity index (χ3n) is 2.45. The normalized spacial score (nSPS) is 29.7. The van der Waals surface area contributed by atoms with E-state index in [-0.39, 0.29) is 0 Å². The van der Waals surface area contributed by atoms with Crippen molar-refractivity contribution in [3.05, 3.63) is 0 Å². The van der Waals surface area contributed by atoms with Gasteiger partial charge in [0.25, 0.3) is 0 Å². The van der Waals surface area contributed by atoms with Gasteiger partial charge in [-0.15, -0.1) is 0 Å². The molecule has 3 heteroatoms. The van der Waals surface area contributed by atoms with Crippen LogP contribution in [0.2, 0.25) is 0 Å². The third kappa shape index (κ3) is 2.69. The second-order valence-corrected chi connectivity index (χ2v) is 4.28. The lowest BCUT2D eigenvalue weighted by molar-refractivity contribution is 0.397. The average molecular weight is 184 g/mol. The lowest BCUT2D eigenvalue weighted by Gasteiger charge is -2.30. The third-order valence-corrected chi connectivity index (χ3v) is 3.62. The van der Waals surface area contributed by atoms with Gasteiger partial charge in [0, 0.05) is 11.3 Å². The van der Waals surface area contributed by atoms with Gasteiger partial charge < -0.3 is 5.32 Å². The lowest BCUT2D eigenvalue weighted by Crippen LogP contribution is -2.40. The molecule has 2 unspecified atom stereocenters. The maximum Gasteiger partial charge on any atom is 0.0843 e. The molecule has 1 saturated carbocycles. The minimum atomic E-state index is 0.502. The molecule has 1 N–H and O–H groups in total. The van der Waals surface area contributed by atoms with Crippen molar-refractivity contribution in [3.8, 4) is 6.07 Å². The fourth-order valence-corrected chi connectivity index (χ4v) is 2.75. The summed E-state index contributed by atoms with van der Waals surface area (Å²) >= 11 is 1.93. The Labute approximate surface area is 78.7 Å². The first kappa shape index (κ1) is 9.88. The molecule has 2 atom stereocenters. The molecule has 68 valence electrons. The summed E-state index contributed by atoms with van der Waals surface area (Å²) in [5.74, 6) is 0. The van der Waals surface area contributed by atoms with Gasteiger partial charge >= 0.3 is 0 Å². The minimum Gasteiger partial charge on any atom is -0.301 e. The highest BCUT2D eigenvalue weighted by molar-refractivity contribution is 7.99. The van der Waals surface area contributed by atoms with Crippen LogP contribution in [0.3, 0.4) is 0 Å². The summed E-state index contributed by atoms with van der Waals surface area (Å²) < 4.78 is 0. The first-order valence-corrected chi connectivity index (χ1v) is 5.80. The van der Waals surface area contributed by atoms with Crippen LogP contribution in [0.5, 0.6) is 0 Å². The Morgan fingerprint density at radius 2 is 2.25 bits per heavy atom. The first-order valence-electron chi connectivity index (χ1n) is 4.51. The quantitative estimate of drug-likeness (QED) is 0.679.